The normalized spacial score (nSPS) is 18.4. The van der Waals surface area contributed by atoms with Crippen LogP contribution in [0.3, 0.4) is 0 Å². The van der Waals surface area contributed by atoms with E-state index in [0.29, 0.717) is 12.6 Å². The van der Waals surface area contributed by atoms with Crippen LogP contribution in [0.2, 0.25) is 0 Å². The number of nitrogens with two attached hydrogens (primary N) is 1. The third kappa shape index (κ3) is 3.04. The molecule has 1 heterocycles. The van der Waals surface area contributed by atoms with Gasteiger partial charge in [0.15, 0.2) is 5.82 Å². The Kier molecular flexibility index (Phi) is 3.23. The minimum Gasteiger partial charge on any atom is -0.374 e. The van der Waals surface area contributed by atoms with Gasteiger partial charge in [-0.15, -0.1) is 10.2 Å². The molecular formula is C12H22N4O. The fourth-order valence-electron chi connectivity index (χ4n) is 1.84. The summed E-state index contributed by atoms with van der Waals surface area (Å²) >= 11 is 0. The highest BCUT2D eigenvalue weighted by Gasteiger charge is 2.30. The van der Waals surface area contributed by atoms with Gasteiger partial charge in [0.1, 0.15) is 5.82 Å². The standard InChI is InChI=1S/C12H22N4O/c1-8-14-15-11(16(8)9-5-6-9)10(13)7-17-12(2,3)4/h9-10H,5-7,13H2,1-4H3/t10-/m0/s1. The zero-order valence-corrected chi connectivity index (χ0v) is 11.1. The molecule has 0 amide bonds. The second kappa shape index (κ2) is 4.38. The number of aromatic nitrogens is 3. The molecule has 1 atom stereocenters. The Labute approximate surface area is 102 Å². The van der Waals surface area contributed by atoms with Crippen LogP contribution in [-0.4, -0.2) is 27.0 Å². The zero-order chi connectivity index (χ0) is 12.6. The summed E-state index contributed by atoms with van der Waals surface area (Å²) in [6.45, 7) is 8.53. The van der Waals surface area contributed by atoms with Crippen molar-refractivity contribution in [3.63, 3.8) is 0 Å². The molecule has 96 valence electrons. The lowest BCUT2D eigenvalue weighted by molar-refractivity contribution is -0.0115. The van der Waals surface area contributed by atoms with Crippen molar-refractivity contribution in [3.8, 4) is 0 Å². The van der Waals surface area contributed by atoms with E-state index < -0.39 is 0 Å². The fraction of sp³-hybridized carbons (Fsp3) is 0.833. The molecule has 0 bridgehead atoms. The average molecular weight is 238 g/mol. The maximum atomic E-state index is 6.13. The van der Waals surface area contributed by atoms with Gasteiger partial charge in [-0.1, -0.05) is 0 Å². The van der Waals surface area contributed by atoms with Gasteiger partial charge in [-0.2, -0.15) is 0 Å². The van der Waals surface area contributed by atoms with Crippen LogP contribution in [0.25, 0.3) is 0 Å². The van der Waals surface area contributed by atoms with Crippen molar-refractivity contribution in [2.24, 2.45) is 5.73 Å². The average Bonchev–Trinajstić information content (AvgIpc) is 2.98. The van der Waals surface area contributed by atoms with E-state index in [2.05, 4.69) is 14.8 Å². The predicted octanol–water partition coefficient (Wildman–Crippen LogP) is 1.74. The SMILES string of the molecule is Cc1nnc([C@@H](N)COC(C)(C)C)n1C1CC1. The zero-order valence-electron chi connectivity index (χ0n) is 11.1. The lowest BCUT2D eigenvalue weighted by Gasteiger charge is -2.22. The number of nitrogens with zero attached hydrogens (tertiary/aromatic N) is 3. The van der Waals surface area contributed by atoms with Crippen molar-refractivity contribution < 1.29 is 4.74 Å². The first kappa shape index (κ1) is 12.5. The molecule has 0 saturated heterocycles. The second-order valence-corrected chi connectivity index (χ2v) is 5.74. The molecule has 1 saturated carbocycles. The molecule has 1 aromatic rings. The molecule has 1 fully saturated rings. The molecule has 1 aliphatic rings. The van der Waals surface area contributed by atoms with Gasteiger partial charge < -0.3 is 15.0 Å². The van der Waals surface area contributed by atoms with Crippen molar-refractivity contribution in [2.75, 3.05) is 6.61 Å². The molecular weight excluding hydrogens is 216 g/mol. The summed E-state index contributed by atoms with van der Waals surface area (Å²) in [6, 6.07) is 0.358. The van der Waals surface area contributed by atoms with E-state index in [9.17, 15) is 0 Å². The monoisotopic (exact) mass is 238 g/mol. The number of ether oxygens (including phenoxy) is 1. The lowest BCUT2D eigenvalue weighted by atomic mass is 10.2. The van der Waals surface area contributed by atoms with Crippen molar-refractivity contribution in [1.29, 1.82) is 0 Å². The number of rotatable bonds is 4. The van der Waals surface area contributed by atoms with Crippen LogP contribution < -0.4 is 5.73 Å². The lowest BCUT2D eigenvalue weighted by Crippen LogP contribution is -2.28. The molecule has 0 spiro atoms. The van der Waals surface area contributed by atoms with Crippen LogP contribution in [0.15, 0.2) is 0 Å². The molecule has 5 nitrogen and oxygen atoms in total. The van der Waals surface area contributed by atoms with Crippen LogP contribution in [0.4, 0.5) is 0 Å². The maximum Gasteiger partial charge on any atom is 0.152 e. The van der Waals surface area contributed by atoms with E-state index in [0.717, 1.165) is 11.6 Å². The van der Waals surface area contributed by atoms with E-state index in [1.54, 1.807) is 0 Å². The summed E-state index contributed by atoms with van der Waals surface area (Å²) in [6.07, 6.45) is 2.41. The van der Waals surface area contributed by atoms with Gasteiger partial charge >= 0.3 is 0 Å². The van der Waals surface area contributed by atoms with Crippen molar-refractivity contribution in [2.45, 2.75) is 58.2 Å². The quantitative estimate of drug-likeness (QED) is 0.867. The minimum absolute atomic E-state index is 0.170. The van der Waals surface area contributed by atoms with E-state index >= 15 is 0 Å². The van der Waals surface area contributed by atoms with E-state index in [4.69, 9.17) is 10.5 Å². The Balaban J connectivity index is 2.06. The Morgan fingerprint density at radius 2 is 2.06 bits per heavy atom. The Morgan fingerprint density at radius 1 is 1.41 bits per heavy atom. The Morgan fingerprint density at radius 3 is 2.59 bits per heavy atom. The maximum absolute atomic E-state index is 6.13. The van der Waals surface area contributed by atoms with Crippen LogP contribution in [0.1, 0.15) is 57.3 Å². The smallest absolute Gasteiger partial charge is 0.152 e. The highest BCUT2D eigenvalue weighted by Crippen LogP contribution is 2.37. The van der Waals surface area contributed by atoms with Gasteiger partial charge in [0.25, 0.3) is 0 Å². The molecule has 5 heteroatoms. The van der Waals surface area contributed by atoms with Gasteiger partial charge in [0.05, 0.1) is 18.2 Å². The van der Waals surface area contributed by atoms with Gasteiger partial charge in [-0.25, -0.2) is 0 Å². The number of hydrogen-bond acceptors (Lipinski definition) is 4. The third-order valence-corrected chi connectivity index (χ3v) is 2.83. The van der Waals surface area contributed by atoms with Gasteiger partial charge in [0.2, 0.25) is 0 Å². The van der Waals surface area contributed by atoms with Crippen LogP contribution in [0, 0.1) is 6.92 Å². The molecule has 0 radical (unpaired) electrons. The van der Waals surface area contributed by atoms with Crippen LogP contribution in [-0.2, 0) is 4.74 Å². The van der Waals surface area contributed by atoms with E-state index in [1.807, 2.05) is 27.7 Å². The highest BCUT2D eigenvalue weighted by molar-refractivity contribution is 5.05. The van der Waals surface area contributed by atoms with E-state index in [1.165, 1.54) is 12.8 Å². The van der Waals surface area contributed by atoms with Crippen molar-refractivity contribution >= 4 is 0 Å². The van der Waals surface area contributed by atoms with Gasteiger partial charge in [0, 0.05) is 6.04 Å². The first-order valence-corrected chi connectivity index (χ1v) is 6.19. The molecule has 17 heavy (non-hydrogen) atoms. The van der Waals surface area contributed by atoms with Gasteiger partial charge in [-0.3, -0.25) is 0 Å². The predicted molar refractivity (Wildman–Crippen MR) is 65.7 cm³/mol. The number of aryl methyl sites for hydroxylation is 1. The number of hydrogen-bond donors (Lipinski definition) is 1. The largest absolute Gasteiger partial charge is 0.374 e. The summed E-state index contributed by atoms with van der Waals surface area (Å²) in [4.78, 5) is 0. The highest BCUT2D eigenvalue weighted by atomic mass is 16.5. The molecule has 2 rings (SSSR count). The van der Waals surface area contributed by atoms with Crippen LogP contribution in [0.5, 0.6) is 0 Å². The summed E-state index contributed by atoms with van der Waals surface area (Å²) in [5.41, 5.74) is 5.96. The summed E-state index contributed by atoms with van der Waals surface area (Å²) < 4.78 is 7.87. The second-order valence-electron chi connectivity index (χ2n) is 5.74. The minimum atomic E-state index is -0.198. The first-order chi connectivity index (χ1) is 7.88. The topological polar surface area (TPSA) is 66.0 Å². The summed E-state index contributed by atoms with van der Waals surface area (Å²) in [5.74, 6) is 1.81. The first-order valence-electron chi connectivity index (χ1n) is 6.19. The molecule has 1 aliphatic carbocycles. The van der Waals surface area contributed by atoms with E-state index in [-0.39, 0.29) is 11.6 Å². The van der Waals surface area contributed by atoms with Gasteiger partial charge in [-0.05, 0) is 40.5 Å². The molecule has 2 N–H and O–H groups in total. The molecule has 0 aliphatic heterocycles. The van der Waals surface area contributed by atoms with Crippen molar-refractivity contribution in [3.05, 3.63) is 11.6 Å². The third-order valence-electron chi connectivity index (χ3n) is 2.83. The fourth-order valence-corrected chi connectivity index (χ4v) is 1.84. The van der Waals surface area contributed by atoms with Crippen LogP contribution >= 0.6 is 0 Å². The molecule has 0 aromatic carbocycles. The Bertz CT molecular complexity index is 390. The molecule has 1 aromatic heterocycles. The molecule has 0 unspecified atom stereocenters. The summed E-state index contributed by atoms with van der Waals surface area (Å²) in [5, 5.41) is 8.31. The Hall–Kier alpha value is -0.940. The van der Waals surface area contributed by atoms with Crippen molar-refractivity contribution in [1.82, 2.24) is 14.8 Å². The summed E-state index contributed by atoms with van der Waals surface area (Å²) in [7, 11) is 0.